The van der Waals surface area contributed by atoms with E-state index in [4.69, 9.17) is 11.6 Å². The third-order valence-corrected chi connectivity index (χ3v) is 4.60. The molecular weight excluding hydrogens is 339 g/mol. The Morgan fingerprint density at radius 2 is 2.17 bits per heavy atom. The van der Waals surface area contributed by atoms with Crippen molar-refractivity contribution in [1.29, 1.82) is 0 Å². The molecule has 2 amide bonds. The van der Waals surface area contributed by atoms with Gasteiger partial charge < -0.3 is 15.3 Å². The number of nitrogens with one attached hydrogen (secondary N) is 1. The van der Waals surface area contributed by atoms with Crippen LogP contribution in [0.1, 0.15) is 26.7 Å². The molecule has 8 heteroatoms. The summed E-state index contributed by atoms with van der Waals surface area (Å²) >= 11 is 5.62. The van der Waals surface area contributed by atoms with Gasteiger partial charge in [-0.2, -0.15) is 0 Å². The number of carbonyl (C=O) groups is 3. The lowest BCUT2D eigenvalue weighted by atomic mass is 9.97. The number of rotatable bonds is 5. The van der Waals surface area contributed by atoms with Crippen LogP contribution in [0.25, 0.3) is 0 Å². The number of halogens is 2. The number of nitrogens with zero attached hydrogens (tertiary/aromatic N) is 1. The van der Waals surface area contributed by atoms with Crippen LogP contribution in [0.3, 0.4) is 0 Å². The molecule has 1 aliphatic heterocycles. The normalized spacial score (nSPS) is 19.9. The molecule has 2 unspecified atom stereocenters. The van der Waals surface area contributed by atoms with Gasteiger partial charge in [-0.05, 0) is 31.5 Å². The molecule has 2 rings (SSSR count). The first-order chi connectivity index (χ1) is 11.2. The summed E-state index contributed by atoms with van der Waals surface area (Å²) in [4.78, 5) is 37.0. The summed E-state index contributed by atoms with van der Waals surface area (Å²) in [5, 5.41) is 11.6. The first kappa shape index (κ1) is 18.2. The standard InChI is InChI=1S/C16H18ClFN2O4/c1-3-16(2,15(23)24)19-14(22)9-6-13(21)20(8-9)10-4-5-11(17)12(18)7-10/h4-5,7,9H,3,6,8H2,1-2H3,(H,19,22)(H,23,24). The Balaban J connectivity index is 2.13. The molecule has 0 radical (unpaired) electrons. The van der Waals surface area contributed by atoms with Gasteiger partial charge in [-0.1, -0.05) is 18.5 Å². The SMILES string of the molecule is CCC(C)(NC(=O)C1CC(=O)N(c2ccc(Cl)c(F)c2)C1)C(=O)O. The minimum atomic E-state index is -1.39. The van der Waals surface area contributed by atoms with Crippen molar-refractivity contribution < 1.29 is 23.9 Å². The Bertz CT molecular complexity index is 697. The molecule has 0 bridgehead atoms. The van der Waals surface area contributed by atoms with Crippen LogP contribution in [0.2, 0.25) is 5.02 Å². The lowest BCUT2D eigenvalue weighted by molar-refractivity contribution is -0.147. The van der Waals surface area contributed by atoms with Crippen molar-refractivity contribution in [2.45, 2.75) is 32.2 Å². The molecule has 1 aromatic rings. The van der Waals surface area contributed by atoms with Crippen molar-refractivity contribution in [3.8, 4) is 0 Å². The van der Waals surface area contributed by atoms with Gasteiger partial charge in [-0.3, -0.25) is 9.59 Å². The molecule has 6 nitrogen and oxygen atoms in total. The van der Waals surface area contributed by atoms with E-state index in [-0.39, 0.29) is 30.3 Å². The summed E-state index contributed by atoms with van der Waals surface area (Å²) in [6.07, 6.45) is 0.149. The van der Waals surface area contributed by atoms with E-state index in [1.165, 1.54) is 24.0 Å². The van der Waals surface area contributed by atoms with E-state index in [0.717, 1.165) is 6.07 Å². The second-order valence-electron chi connectivity index (χ2n) is 5.98. The van der Waals surface area contributed by atoms with Gasteiger partial charge in [0, 0.05) is 18.7 Å². The van der Waals surface area contributed by atoms with Crippen molar-refractivity contribution in [3.63, 3.8) is 0 Å². The molecule has 1 aliphatic rings. The Morgan fingerprint density at radius 1 is 1.50 bits per heavy atom. The molecule has 1 heterocycles. The predicted molar refractivity (Wildman–Crippen MR) is 86.3 cm³/mol. The van der Waals surface area contributed by atoms with Gasteiger partial charge in [0.2, 0.25) is 11.8 Å². The monoisotopic (exact) mass is 356 g/mol. The zero-order valence-electron chi connectivity index (χ0n) is 13.3. The van der Waals surface area contributed by atoms with E-state index in [1.807, 2.05) is 0 Å². The van der Waals surface area contributed by atoms with E-state index >= 15 is 0 Å². The average Bonchev–Trinajstić information content (AvgIpc) is 2.91. The van der Waals surface area contributed by atoms with E-state index < -0.39 is 29.2 Å². The maximum Gasteiger partial charge on any atom is 0.329 e. The number of aliphatic carboxylic acids is 1. The largest absolute Gasteiger partial charge is 0.480 e. The van der Waals surface area contributed by atoms with Gasteiger partial charge in [0.25, 0.3) is 0 Å². The summed E-state index contributed by atoms with van der Waals surface area (Å²) in [5.74, 6) is -3.32. The fourth-order valence-corrected chi connectivity index (χ4v) is 2.57. The number of hydrogen-bond donors (Lipinski definition) is 2. The van der Waals surface area contributed by atoms with E-state index in [9.17, 15) is 23.9 Å². The number of hydrogen-bond acceptors (Lipinski definition) is 3. The van der Waals surface area contributed by atoms with Crippen molar-refractivity contribution in [2.75, 3.05) is 11.4 Å². The molecule has 1 fully saturated rings. The summed E-state index contributed by atoms with van der Waals surface area (Å²) in [6, 6.07) is 3.97. The zero-order chi connectivity index (χ0) is 18.1. The second-order valence-corrected chi connectivity index (χ2v) is 6.39. The lowest BCUT2D eigenvalue weighted by Crippen LogP contribution is -2.53. The summed E-state index contributed by atoms with van der Waals surface area (Å²) in [6.45, 7) is 3.12. The molecule has 0 aliphatic carbocycles. The van der Waals surface area contributed by atoms with Crippen LogP contribution in [0.4, 0.5) is 10.1 Å². The van der Waals surface area contributed by atoms with Crippen LogP contribution in [-0.4, -0.2) is 35.0 Å². The van der Waals surface area contributed by atoms with Crippen LogP contribution in [0.5, 0.6) is 0 Å². The number of carbonyl (C=O) groups excluding carboxylic acids is 2. The molecule has 0 saturated carbocycles. The number of carboxylic acid groups (broad SMARTS) is 1. The Kier molecular flexibility index (Phi) is 5.13. The minimum Gasteiger partial charge on any atom is -0.480 e. The number of carboxylic acids is 1. The molecule has 130 valence electrons. The fourth-order valence-electron chi connectivity index (χ4n) is 2.45. The summed E-state index contributed by atoms with van der Waals surface area (Å²) < 4.78 is 13.6. The molecule has 2 N–H and O–H groups in total. The van der Waals surface area contributed by atoms with Gasteiger partial charge in [0.15, 0.2) is 0 Å². The van der Waals surface area contributed by atoms with E-state index in [0.29, 0.717) is 5.69 Å². The number of amides is 2. The summed E-state index contributed by atoms with van der Waals surface area (Å²) in [5.41, 5.74) is -1.08. The minimum absolute atomic E-state index is 0.0557. The van der Waals surface area contributed by atoms with Crippen LogP contribution in [-0.2, 0) is 14.4 Å². The average molecular weight is 357 g/mol. The number of benzene rings is 1. The van der Waals surface area contributed by atoms with Crippen molar-refractivity contribution >= 4 is 35.1 Å². The first-order valence-corrected chi connectivity index (χ1v) is 7.86. The lowest BCUT2D eigenvalue weighted by Gasteiger charge is -2.26. The van der Waals surface area contributed by atoms with Crippen LogP contribution < -0.4 is 10.2 Å². The van der Waals surface area contributed by atoms with Crippen LogP contribution in [0, 0.1) is 11.7 Å². The topological polar surface area (TPSA) is 86.7 Å². The Morgan fingerprint density at radius 3 is 2.71 bits per heavy atom. The Hall–Kier alpha value is -2.15. The van der Waals surface area contributed by atoms with Crippen molar-refractivity contribution in [3.05, 3.63) is 29.0 Å². The fraction of sp³-hybridized carbons (Fsp3) is 0.438. The Labute approximate surface area is 143 Å². The molecule has 0 spiro atoms. The second kappa shape index (κ2) is 6.76. The third kappa shape index (κ3) is 3.51. The molecule has 1 saturated heterocycles. The highest BCUT2D eigenvalue weighted by molar-refractivity contribution is 6.30. The van der Waals surface area contributed by atoms with E-state index in [1.54, 1.807) is 6.92 Å². The van der Waals surface area contributed by atoms with Crippen LogP contribution in [0.15, 0.2) is 18.2 Å². The highest BCUT2D eigenvalue weighted by Crippen LogP contribution is 2.28. The number of anilines is 1. The maximum atomic E-state index is 13.6. The van der Waals surface area contributed by atoms with Gasteiger partial charge in [0.1, 0.15) is 11.4 Å². The van der Waals surface area contributed by atoms with Gasteiger partial charge in [-0.15, -0.1) is 0 Å². The smallest absolute Gasteiger partial charge is 0.329 e. The molecular formula is C16H18ClFN2O4. The highest BCUT2D eigenvalue weighted by Gasteiger charge is 2.40. The van der Waals surface area contributed by atoms with Gasteiger partial charge >= 0.3 is 5.97 Å². The van der Waals surface area contributed by atoms with Crippen molar-refractivity contribution in [2.24, 2.45) is 5.92 Å². The maximum absolute atomic E-state index is 13.6. The zero-order valence-corrected chi connectivity index (χ0v) is 14.1. The van der Waals surface area contributed by atoms with Crippen molar-refractivity contribution in [1.82, 2.24) is 5.32 Å². The quantitative estimate of drug-likeness (QED) is 0.846. The van der Waals surface area contributed by atoms with E-state index in [2.05, 4.69) is 5.32 Å². The molecule has 24 heavy (non-hydrogen) atoms. The molecule has 2 atom stereocenters. The van der Waals surface area contributed by atoms with Crippen LogP contribution >= 0.6 is 11.6 Å². The first-order valence-electron chi connectivity index (χ1n) is 7.48. The highest BCUT2D eigenvalue weighted by atomic mass is 35.5. The molecule has 1 aromatic carbocycles. The third-order valence-electron chi connectivity index (χ3n) is 4.29. The van der Waals surface area contributed by atoms with Gasteiger partial charge in [-0.25, -0.2) is 9.18 Å². The predicted octanol–water partition coefficient (Wildman–Crippen LogP) is 2.20. The van der Waals surface area contributed by atoms with Gasteiger partial charge in [0.05, 0.1) is 10.9 Å². The molecule has 0 aromatic heterocycles. The summed E-state index contributed by atoms with van der Waals surface area (Å²) in [7, 11) is 0.